The van der Waals surface area contributed by atoms with Crippen molar-refractivity contribution in [1.29, 1.82) is 0 Å². The Kier molecular flexibility index (Phi) is 9.83. The number of likely N-dealkylation sites (tertiary alicyclic amines) is 2. The molecule has 14 heteroatoms. The number of carbonyl (C=O) groups excluding carboxylic acids is 3. The van der Waals surface area contributed by atoms with Gasteiger partial charge in [0.1, 0.15) is 17.7 Å². The highest BCUT2D eigenvalue weighted by Gasteiger charge is 2.57. The molecule has 4 heterocycles. The zero-order valence-electron chi connectivity index (χ0n) is 32.4. The summed E-state index contributed by atoms with van der Waals surface area (Å²) in [5.74, 6) is 2.26. The zero-order chi connectivity index (χ0) is 39.4. The molecular weight excluding hydrogens is 713 g/mol. The molecule has 56 heavy (non-hydrogen) atoms. The normalized spacial score (nSPS) is 24.3. The van der Waals surface area contributed by atoms with Gasteiger partial charge in [-0.2, -0.15) is 0 Å². The lowest BCUT2D eigenvalue weighted by atomic mass is 10.0. The van der Waals surface area contributed by atoms with E-state index in [9.17, 15) is 24.3 Å². The molecule has 294 valence electrons. The van der Waals surface area contributed by atoms with Crippen molar-refractivity contribution in [2.24, 2.45) is 23.7 Å². The minimum absolute atomic E-state index is 0.0578. The van der Waals surface area contributed by atoms with Crippen molar-refractivity contribution in [1.82, 2.24) is 40.0 Å². The zero-order valence-corrected chi connectivity index (χ0v) is 32.4. The average molecular weight is 763 g/mol. The Bertz CT molecular complexity index is 2110. The second-order valence-corrected chi connectivity index (χ2v) is 16.5. The van der Waals surface area contributed by atoms with Crippen LogP contribution in [0.25, 0.3) is 33.6 Å². The van der Waals surface area contributed by atoms with Gasteiger partial charge in [0, 0.05) is 32.1 Å². The Morgan fingerprint density at radius 2 is 1.29 bits per heavy atom. The van der Waals surface area contributed by atoms with Crippen LogP contribution in [0.3, 0.4) is 0 Å². The number of carbonyl (C=O) groups is 4. The standard InChI is InChI=1S/C42H50N8O6/c1-22(2)37(47-41(53)56-5)40(52)50-33-16-29(33)18-35(50)39-44-20-31(46-39)27-12-8-25(9-13-27)24-6-10-26(11-7-24)30-19-43-38(45-30)34-17-28-15-32(28)49(34)36(51)14-23(3)21-48(4)42(54)55/h6-13,19-20,22-23,28-29,32-35,37H,14-18,21H2,1-5H3,(H,43,45)(H,44,46)(H,47,53)(H,54,55)/t23?,28-,29+,32-,33?,34-,35-,37+/m1/s1. The van der Waals surface area contributed by atoms with E-state index in [-0.39, 0.29) is 47.8 Å². The van der Waals surface area contributed by atoms with E-state index >= 15 is 0 Å². The average Bonchev–Trinajstić information content (AvgIpc) is 3.77. The van der Waals surface area contributed by atoms with Crippen molar-refractivity contribution in [2.45, 2.75) is 83.1 Å². The number of hydrogen-bond donors (Lipinski definition) is 4. The Morgan fingerprint density at radius 3 is 1.77 bits per heavy atom. The van der Waals surface area contributed by atoms with Crippen LogP contribution in [0.5, 0.6) is 0 Å². The molecule has 4 amide bonds. The van der Waals surface area contributed by atoms with Gasteiger partial charge in [-0.05, 0) is 71.6 Å². The van der Waals surface area contributed by atoms with E-state index in [1.807, 2.05) is 43.0 Å². The van der Waals surface area contributed by atoms with Crippen molar-refractivity contribution in [3.8, 4) is 33.6 Å². The van der Waals surface area contributed by atoms with E-state index in [2.05, 4.69) is 63.8 Å². The molecule has 2 saturated carbocycles. The van der Waals surface area contributed by atoms with Gasteiger partial charge in [-0.3, -0.25) is 9.59 Å². The topological polar surface area (TPSA) is 177 Å². The molecule has 4 aliphatic rings. The van der Waals surface area contributed by atoms with Gasteiger partial charge in [0.2, 0.25) is 11.8 Å². The molecule has 4 aromatic rings. The van der Waals surface area contributed by atoms with Crippen LogP contribution in [-0.4, -0.2) is 103 Å². The third-order valence-corrected chi connectivity index (χ3v) is 12.1. The van der Waals surface area contributed by atoms with Gasteiger partial charge < -0.3 is 39.8 Å². The van der Waals surface area contributed by atoms with Gasteiger partial charge in [0.15, 0.2) is 0 Å². The van der Waals surface area contributed by atoms with Gasteiger partial charge in [-0.1, -0.05) is 69.3 Å². The molecule has 2 aromatic heterocycles. The first-order valence-corrected chi connectivity index (χ1v) is 19.6. The molecule has 2 saturated heterocycles. The van der Waals surface area contributed by atoms with Crippen molar-refractivity contribution in [3.63, 3.8) is 0 Å². The molecule has 2 aliphatic heterocycles. The SMILES string of the molecule is COC(=O)N[C@H](C(=O)N1C2C[C@H]2C[C@@H]1c1ncc(-c2ccc(-c3ccc(-c4cnc([C@H]5C[C@H]6C[C@H]6N5C(=O)CC(C)CN(C)C(=O)O)[nH]4)cc3)cc2)[nH]1)C(C)C. The summed E-state index contributed by atoms with van der Waals surface area (Å²) in [6.45, 7) is 6.07. The van der Waals surface area contributed by atoms with E-state index in [1.165, 1.54) is 19.1 Å². The summed E-state index contributed by atoms with van der Waals surface area (Å²) in [4.78, 5) is 72.1. The summed E-state index contributed by atoms with van der Waals surface area (Å²) < 4.78 is 4.79. The number of imidazole rings is 2. The number of alkyl carbamates (subject to hydrolysis) is 1. The number of rotatable bonds is 12. The summed E-state index contributed by atoms with van der Waals surface area (Å²) >= 11 is 0. The van der Waals surface area contributed by atoms with Gasteiger partial charge in [-0.15, -0.1) is 0 Å². The highest BCUT2D eigenvalue weighted by molar-refractivity contribution is 5.87. The number of piperidine rings is 2. The van der Waals surface area contributed by atoms with Gasteiger partial charge in [0.25, 0.3) is 0 Å². The minimum atomic E-state index is -0.992. The van der Waals surface area contributed by atoms with Gasteiger partial charge in [0.05, 0.1) is 43.0 Å². The third-order valence-electron chi connectivity index (χ3n) is 12.1. The summed E-state index contributed by atoms with van der Waals surface area (Å²) in [5.41, 5.74) is 5.89. The van der Waals surface area contributed by atoms with Crippen LogP contribution in [0.4, 0.5) is 9.59 Å². The quantitative estimate of drug-likeness (QED) is 0.127. The molecule has 2 aromatic carbocycles. The summed E-state index contributed by atoms with van der Waals surface area (Å²) in [5, 5.41) is 12.0. The number of hydrogen-bond acceptors (Lipinski definition) is 7. The number of fused-ring (bicyclic) bond motifs is 2. The predicted octanol–water partition coefficient (Wildman–Crippen LogP) is 6.47. The smallest absolute Gasteiger partial charge is 0.407 e. The number of aromatic nitrogens is 4. The Balaban J connectivity index is 0.910. The molecular formula is C42H50N8O6. The first kappa shape index (κ1) is 37.3. The molecule has 2 aliphatic carbocycles. The van der Waals surface area contributed by atoms with E-state index in [0.29, 0.717) is 24.8 Å². The van der Waals surface area contributed by atoms with E-state index in [1.54, 1.807) is 0 Å². The Morgan fingerprint density at radius 1 is 0.804 bits per heavy atom. The highest BCUT2D eigenvalue weighted by atomic mass is 16.5. The second kappa shape index (κ2) is 14.8. The monoisotopic (exact) mass is 762 g/mol. The van der Waals surface area contributed by atoms with Crippen LogP contribution >= 0.6 is 0 Å². The predicted molar refractivity (Wildman–Crippen MR) is 208 cm³/mol. The lowest BCUT2D eigenvalue weighted by Crippen LogP contribution is -2.52. The lowest BCUT2D eigenvalue weighted by molar-refractivity contribution is -0.137. The van der Waals surface area contributed by atoms with Crippen LogP contribution in [-0.2, 0) is 14.3 Å². The first-order chi connectivity index (χ1) is 26.9. The van der Waals surface area contributed by atoms with Crippen molar-refractivity contribution in [2.75, 3.05) is 20.7 Å². The molecule has 8 atom stereocenters. The molecule has 4 N–H and O–H groups in total. The molecule has 4 fully saturated rings. The van der Waals surface area contributed by atoms with Crippen LogP contribution < -0.4 is 5.32 Å². The maximum Gasteiger partial charge on any atom is 0.407 e. The molecule has 0 spiro atoms. The van der Waals surface area contributed by atoms with Gasteiger partial charge >= 0.3 is 12.2 Å². The number of carboxylic acid groups (broad SMARTS) is 1. The number of amides is 4. The largest absolute Gasteiger partial charge is 0.465 e. The maximum atomic E-state index is 13.8. The molecule has 8 rings (SSSR count). The number of H-pyrrole nitrogens is 2. The van der Waals surface area contributed by atoms with Crippen molar-refractivity contribution < 1.29 is 29.0 Å². The summed E-state index contributed by atoms with van der Waals surface area (Å²) in [7, 11) is 2.83. The van der Waals surface area contributed by atoms with E-state index < -0.39 is 18.2 Å². The third kappa shape index (κ3) is 7.24. The number of nitrogens with zero attached hydrogens (tertiary/aromatic N) is 5. The first-order valence-electron chi connectivity index (χ1n) is 19.6. The number of benzene rings is 2. The maximum absolute atomic E-state index is 13.8. The van der Waals surface area contributed by atoms with Gasteiger partial charge in [-0.25, -0.2) is 19.6 Å². The molecule has 0 radical (unpaired) electrons. The number of ether oxygens (including phenoxy) is 1. The Labute approximate surface area is 326 Å². The number of nitrogens with one attached hydrogen (secondary N) is 3. The van der Waals surface area contributed by atoms with Crippen LogP contribution in [0.1, 0.15) is 76.6 Å². The number of aromatic amines is 2. The van der Waals surface area contributed by atoms with Crippen molar-refractivity contribution in [3.05, 3.63) is 72.6 Å². The van der Waals surface area contributed by atoms with Crippen LogP contribution in [0.2, 0.25) is 0 Å². The highest BCUT2D eigenvalue weighted by Crippen LogP contribution is 2.54. The minimum Gasteiger partial charge on any atom is -0.465 e. The summed E-state index contributed by atoms with van der Waals surface area (Å²) in [6.07, 6.45) is 6.08. The van der Waals surface area contributed by atoms with Crippen LogP contribution in [0.15, 0.2) is 60.9 Å². The number of methoxy groups -OCH3 is 1. The van der Waals surface area contributed by atoms with E-state index in [0.717, 1.165) is 71.0 Å². The lowest BCUT2D eigenvalue weighted by Gasteiger charge is -2.31. The summed E-state index contributed by atoms with van der Waals surface area (Å²) in [6, 6.07) is 16.1. The van der Waals surface area contributed by atoms with Crippen molar-refractivity contribution >= 4 is 24.0 Å². The van der Waals surface area contributed by atoms with E-state index in [4.69, 9.17) is 14.7 Å². The fourth-order valence-corrected chi connectivity index (χ4v) is 8.94. The second-order valence-electron chi connectivity index (χ2n) is 16.5. The molecule has 2 unspecified atom stereocenters. The Hall–Kier alpha value is -5.66. The fourth-order valence-electron chi connectivity index (χ4n) is 8.94. The molecule has 14 nitrogen and oxygen atoms in total. The fraction of sp³-hybridized carbons (Fsp3) is 0.476. The van der Waals surface area contributed by atoms with Crippen LogP contribution in [0, 0.1) is 23.7 Å². The molecule has 0 bridgehead atoms.